The largest absolute Gasteiger partial charge is 0.456 e. The number of thiophene rings is 1. The smallest absolute Gasteiger partial charge is 0.164 e. The molecule has 0 aliphatic heterocycles. The molecular weight excluding hydrogens is 763 g/mol. The zero-order valence-electron chi connectivity index (χ0n) is 33.4. The average Bonchev–Trinajstić information content (AvgIpc) is 3.94. The number of nitrogens with zero attached hydrogens (tertiary/aromatic N) is 3. The predicted octanol–water partition coefficient (Wildman–Crippen LogP) is 15.4. The zero-order chi connectivity index (χ0) is 40.4. The first-order valence-electron chi connectivity index (χ1n) is 20.8. The van der Waals surface area contributed by atoms with Crippen molar-refractivity contribution in [1.29, 1.82) is 0 Å². The van der Waals surface area contributed by atoms with E-state index in [1.807, 2.05) is 29.5 Å². The number of furan rings is 1. The second-order valence-corrected chi connectivity index (χ2v) is 17.8. The molecule has 1 aliphatic rings. The maximum atomic E-state index is 6.69. The average molecular weight is 798 g/mol. The third-order valence-electron chi connectivity index (χ3n) is 12.9. The van der Waals surface area contributed by atoms with Crippen LogP contribution in [0.25, 0.3) is 120 Å². The van der Waals surface area contributed by atoms with Gasteiger partial charge in [0.2, 0.25) is 0 Å². The summed E-state index contributed by atoms with van der Waals surface area (Å²) in [4.78, 5) is 15.6. The lowest BCUT2D eigenvalue weighted by Gasteiger charge is -2.22. The molecule has 0 spiro atoms. The minimum atomic E-state index is -0.209. The third kappa shape index (κ3) is 5.14. The first-order valence-corrected chi connectivity index (χ1v) is 21.6. The SMILES string of the molecule is CC1(C)c2cc(-c3nc(-c4ccccc4)nc(-c4ccc5oc6cc(-c7cccc8ccccc78)c7ccccc7c6c5c4)n3)ccc2-c2cc3sc4ccccc4c3cc21. The summed E-state index contributed by atoms with van der Waals surface area (Å²) in [6, 6.07) is 62.8. The van der Waals surface area contributed by atoms with Gasteiger partial charge in [0.25, 0.3) is 0 Å². The summed E-state index contributed by atoms with van der Waals surface area (Å²) in [5, 5.41) is 9.53. The van der Waals surface area contributed by atoms with Crippen LogP contribution in [0.5, 0.6) is 0 Å². The van der Waals surface area contributed by atoms with Crippen molar-refractivity contribution in [3.8, 4) is 56.4 Å². The Morgan fingerprint density at radius 1 is 0.393 bits per heavy atom. The van der Waals surface area contributed by atoms with Gasteiger partial charge in [-0.2, -0.15) is 0 Å². The van der Waals surface area contributed by atoms with Gasteiger partial charge in [-0.3, -0.25) is 0 Å². The van der Waals surface area contributed by atoms with Crippen molar-refractivity contribution in [3.63, 3.8) is 0 Å². The van der Waals surface area contributed by atoms with E-state index in [2.05, 4.69) is 172 Å². The molecule has 0 atom stereocenters. The van der Waals surface area contributed by atoms with Gasteiger partial charge in [0.05, 0.1) is 0 Å². The molecular formula is C56H35N3OS. The molecule has 61 heavy (non-hydrogen) atoms. The second kappa shape index (κ2) is 12.8. The third-order valence-corrected chi connectivity index (χ3v) is 14.0. The Morgan fingerprint density at radius 2 is 1.05 bits per heavy atom. The maximum Gasteiger partial charge on any atom is 0.164 e. The fourth-order valence-electron chi connectivity index (χ4n) is 9.91. The highest BCUT2D eigenvalue weighted by Crippen LogP contribution is 2.52. The van der Waals surface area contributed by atoms with E-state index in [0.29, 0.717) is 17.5 Å². The van der Waals surface area contributed by atoms with Crippen LogP contribution in [0.15, 0.2) is 180 Å². The molecule has 0 N–H and O–H groups in total. The van der Waals surface area contributed by atoms with Gasteiger partial charge < -0.3 is 4.42 Å². The molecule has 5 heteroatoms. The van der Waals surface area contributed by atoms with Gasteiger partial charge >= 0.3 is 0 Å². The van der Waals surface area contributed by atoms with Crippen LogP contribution in [0.1, 0.15) is 25.0 Å². The number of benzene rings is 9. The van der Waals surface area contributed by atoms with Crippen LogP contribution in [0.4, 0.5) is 0 Å². The van der Waals surface area contributed by atoms with Gasteiger partial charge in [-0.25, -0.2) is 15.0 Å². The van der Waals surface area contributed by atoms with Crippen LogP contribution in [0.2, 0.25) is 0 Å². The Labute approximate surface area is 355 Å². The summed E-state index contributed by atoms with van der Waals surface area (Å²) >= 11 is 1.87. The molecule has 0 saturated carbocycles. The molecule has 0 saturated heterocycles. The van der Waals surface area contributed by atoms with Crippen molar-refractivity contribution in [2.75, 3.05) is 0 Å². The van der Waals surface area contributed by atoms with Crippen molar-refractivity contribution in [2.24, 2.45) is 0 Å². The van der Waals surface area contributed by atoms with Crippen LogP contribution in [0, 0.1) is 0 Å². The molecule has 12 aromatic rings. The van der Waals surface area contributed by atoms with Crippen molar-refractivity contribution in [1.82, 2.24) is 15.0 Å². The number of aromatic nitrogens is 3. The number of rotatable bonds is 4. The Hall–Kier alpha value is -7.47. The number of hydrogen-bond donors (Lipinski definition) is 0. The van der Waals surface area contributed by atoms with Crippen LogP contribution in [-0.4, -0.2) is 15.0 Å². The van der Waals surface area contributed by atoms with Crippen LogP contribution in [0.3, 0.4) is 0 Å². The molecule has 0 unspecified atom stereocenters. The Balaban J connectivity index is 0.973. The van der Waals surface area contributed by atoms with Crippen molar-refractivity contribution in [2.45, 2.75) is 19.3 Å². The molecule has 0 radical (unpaired) electrons. The summed E-state index contributed by atoms with van der Waals surface area (Å²) in [7, 11) is 0. The first kappa shape index (κ1) is 34.4. The van der Waals surface area contributed by atoms with Crippen molar-refractivity contribution < 1.29 is 4.42 Å². The van der Waals surface area contributed by atoms with Crippen LogP contribution < -0.4 is 0 Å². The van der Waals surface area contributed by atoms with Crippen molar-refractivity contribution >= 4 is 75.0 Å². The van der Waals surface area contributed by atoms with Gasteiger partial charge in [-0.05, 0) is 103 Å². The molecule has 0 bridgehead atoms. The van der Waals surface area contributed by atoms with E-state index >= 15 is 0 Å². The minimum Gasteiger partial charge on any atom is -0.456 e. The lowest BCUT2D eigenvalue weighted by atomic mass is 9.81. The van der Waals surface area contributed by atoms with E-state index in [9.17, 15) is 0 Å². The lowest BCUT2D eigenvalue weighted by molar-refractivity contribution is 0.661. The molecule has 286 valence electrons. The van der Waals surface area contributed by atoms with E-state index < -0.39 is 0 Å². The number of fused-ring (bicyclic) bond motifs is 12. The number of hydrogen-bond acceptors (Lipinski definition) is 5. The molecule has 4 nitrogen and oxygen atoms in total. The topological polar surface area (TPSA) is 51.8 Å². The second-order valence-electron chi connectivity index (χ2n) is 16.7. The van der Waals surface area contributed by atoms with E-state index in [0.717, 1.165) is 49.6 Å². The summed E-state index contributed by atoms with van der Waals surface area (Å²) in [5.74, 6) is 1.90. The van der Waals surface area contributed by atoms with E-state index in [1.54, 1.807) is 0 Å². The molecule has 3 aromatic heterocycles. The van der Waals surface area contributed by atoms with E-state index in [4.69, 9.17) is 19.4 Å². The fourth-order valence-corrected chi connectivity index (χ4v) is 11.0. The van der Waals surface area contributed by atoms with E-state index in [-0.39, 0.29) is 5.41 Å². The van der Waals surface area contributed by atoms with Gasteiger partial charge in [-0.15, -0.1) is 11.3 Å². The standard InChI is InChI=1S/C56H35N3OS/c1-56(2)46-28-35(23-25-39(46)43-31-51-44(29-47(43)56)40-19-10-11-22-50(40)61-51)55-58-53(33-14-4-3-5-15-33)57-54(59-55)34-24-26-48-45(27-34)52-41-20-9-8-18-38(41)42(30-49(52)60-48)37-21-12-16-32-13-6-7-17-36(32)37/h3-31H,1-2H3. The van der Waals surface area contributed by atoms with Crippen molar-refractivity contribution in [3.05, 3.63) is 187 Å². The van der Waals surface area contributed by atoms with Gasteiger partial charge in [0.15, 0.2) is 17.5 Å². The Kier molecular flexibility index (Phi) is 7.20. The lowest BCUT2D eigenvalue weighted by Crippen LogP contribution is -2.15. The van der Waals surface area contributed by atoms with Gasteiger partial charge in [-0.1, -0.05) is 141 Å². The molecule has 13 rings (SSSR count). The summed E-state index contributed by atoms with van der Waals surface area (Å²) in [6.45, 7) is 4.68. The molecule has 1 aliphatic carbocycles. The first-order chi connectivity index (χ1) is 30.0. The minimum absolute atomic E-state index is 0.209. The van der Waals surface area contributed by atoms with Crippen LogP contribution in [-0.2, 0) is 5.41 Å². The summed E-state index contributed by atoms with van der Waals surface area (Å²) in [5.41, 5.74) is 11.8. The summed E-state index contributed by atoms with van der Waals surface area (Å²) in [6.07, 6.45) is 0. The highest BCUT2D eigenvalue weighted by Gasteiger charge is 2.36. The molecule has 0 fully saturated rings. The molecule has 9 aromatic carbocycles. The normalized spacial score (nSPS) is 13.2. The Morgan fingerprint density at radius 3 is 1.89 bits per heavy atom. The highest BCUT2D eigenvalue weighted by atomic mass is 32.1. The quantitative estimate of drug-likeness (QED) is 0.178. The Bertz CT molecular complexity index is 3800. The highest BCUT2D eigenvalue weighted by molar-refractivity contribution is 7.25. The molecule has 3 heterocycles. The zero-order valence-corrected chi connectivity index (χ0v) is 34.2. The van der Waals surface area contributed by atoms with Gasteiger partial charge in [0.1, 0.15) is 11.2 Å². The van der Waals surface area contributed by atoms with Crippen LogP contribution >= 0.6 is 11.3 Å². The summed E-state index contributed by atoms with van der Waals surface area (Å²) < 4.78 is 9.34. The van der Waals surface area contributed by atoms with E-state index in [1.165, 1.54) is 64.1 Å². The maximum absolute atomic E-state index is 6.69. The predicted molar refractivity (Wildman–Crippen MR) is 254 cm³/mol. The van der Waals surface area contributed by atoms with Gasteiger partial charge in [0, 0.05) is 53.1 Å². The fraction of sp³-hybridized carbons (Fsp3) is 0.0536. The monoisotopic (exact) mass is 797 g/mol. The molecule has 0 amide bonds.